The van der Waals surface area contributed by atoms with E-state index in [2.05, 4.69) is 26.5 Å². The Balaban J connectivity index is 0. The SMILES string of the molecule is CC.CCC[C@H](S)CC. The summed E-state index contributed by atoms with van der Waals surface area (Å²) >= 11 is 4.31. The van der Waals surface area contributed by atoms with E-state index in [1.54, 1.807) is 0 Å². The van der Waals surface area contributed by atoms with Crippen LogP contribution in [0.15, 0.2) is 0 Å². The molecule has 0 fully saturated rings. The zero-order valence-corrected chi connectivity index (χ0v) is 8.04. The van der Waals surface area contributed by atoms with Gasteiger partial charge in [0.05, 0.1) is 0 Å². The molecule has 0 unspecified atom stereocenters. The van der Waals surface area contributed by atoms with E-state index in [-0.39, 0.29) is 0 Å². The third-order valence-electron chi connectivity index (χ3n) is 1.09. The van der Waals surface area contributed by atoms with Crippen molar-refractivity contribution in [2.45, 2.75) is 52.2 Å². The first-order valence-electron chi connectivity index (χ1n) is 3.99. The summed E-state index contributed by atoms with van der Waals surface area (Å²) < 4.78 is 0. The van der Waals surface area contributed by atoms with Crippen molar-refractivity contribution in [1.82, 2.24) is 0 Å². The van der Waals surface area contributed by atoms with Crippen LogP contribution in [0.25, 0.3) is 0 Å². The Morgan fingerprint density at radius 3 is 1.78 bits per heavy atom. The Bertz CT molecular complexity index is 35.5. The number of hydrogen-bond acceptors (Lipinski definition) is 1. The molecule has 0 aromatic heterocycles. The molecule has 0 aromatic carbocycles. The summed E-state index contributed by atoms with van der Waals surface area (Å²) in [4.78, 5) is 0. The zero-order valence-electron chi connectivity index (χ0n) is 7.15. The highest BCUT2D eigenvalue weighted by molar-refractivity contribution is 7.80. The normalized spacial score (nSPS) is 11.7. The Kier molecular flexibility index (Phi) is 15.0. The first-order valence-corrected chi connectivity index (χ1v) is 4.51. The smallest absolute Gasteiger partial charge is 0.00140 e. The molecule has 0 rings (SSSR count). The van der Waals surface area contributed by atoms with Gasteiger partial charge in [-0.1, -0.05) is 34.1 Å². The van der Waals surface area contributed by atoms with Crippen LogP contribution in [0, 0.1) is 0 Å². The van der Waals surface area contributed by atoms with Crippen LogP contribution >= 0.6 is 12.6 Å². The van der Waals surface area contributed by atoms with E-state index < -0.39 is 0 Å². The van der Waals surface area contributed by atoms with Crippen molar-refractivity contribution in [1.29, 1.82) is 0 Å². The molecule has 0 spiro atoms. The van der Waals surface area contributed by atoms with Crippen LogP contribution in [0.4, 0.5) is 0 Å². The van der Waals surface area contributed by atoms with Crippen LogP contribution in [0.2, 0.25) is 0 Å². The quantitative estimate of drug-likeness (QED) is 0.582. The largest absolute Gasteiger partial charge is 0.176 e. The molecule has 0 aromatic rings. The van der Waals surface area contributed by atoms with Crippen LogP contribution in [0.3, 0.4) is 0 Å². The molecule has 0 saturated carbocycles. The van der Waals surface area contributed by atoms with Gasteiger partial charge in [-0.25, -0.2) is 0 Å². The van der Waals surface area contributed by atoms with Gasteiger partial charge in [0, 0.05) is 5.25 Å². The van der Waals surface area contributed by atoms with Gasteiger partial charge >= 0.3 is 0 Å². The van der Waals surface area contributed by atoms with E-state index in [4.69, 9.17) is 0 Å². The van der Waals surface area contributed by atoms with Crippen molar-refractivity contribution >= 4 is 12.6 Å². The first-order chi connectivity index (χ1) is 4.31. The van der Waals surface area contributed by atoms with E-state index in [9.17, 15) is 0 Å². The average Bonchev–Trinajstić information content (AvgIpc) is 1.93. The minimum atomic E-state index is 0.644. The lowest BCUT2D eigenvalue weighted by atomic mass is 10.2. The van der Waals surface area contributed by atoms with Gasteiger partial charge in [-0.2, -0.15) is 12.6 Å². The lowest BCUT2D eigenvalue weighted by molar-refractivity contribution is 0.724. The standard InChI is InChI=1S/C6H14S.C2H6/c1-3-5-6(7)4-2;1-2/h6-7H,3-5H2,1-2H3;1-2H3/t6-;/m1./s1. The summed E-state index contributed by atoms with van der Waals surface area (Å²) in [6, 6.07) is 0. The Labute approximate surface area is 65.5 Å². The maximum absolute atomic E-state index is 4.31. The molecular formula is C8H20S. The fourth-order valence-corrected chi connectivity index (χ4v) is 0.796. The van der Waals surface area contributed by atoms with Crippen molar-refractivity contribution in [3.05, 3.63) is 0 Å². The molecule has 0 aliphatic heterocycles. The second-order valence-electron chi connectivity index (χ2n) is 1.85. The van der Waals surface area contributed by atoms with Gasteiger partial charge in [-0.3, -0.25) is 0 Å². The summed E-state index contributed by atoms with van der Waals surface area (Å²) in [5.74, 6) is 0. The summed E-state index contributed by atoms with van der Waals surface area (Å²) in [7, 11) is 0. The van der Waals surface area contributed by atoms with Crippen LogP contribution in [0.5, 0.6) is 0 Å². The third-order valence-corrected chi connectivity index (χ3v) is 1.72. The molecule has 0 bridgehead atoms. The molecule has 0 heterocycles. The van der Waals surface area contributed by atoms with Gasteiger partial charge < -0.3 is 0 Å². The molecule has 0 amide bonds. The van der Waals surface area contributed by atoms with E-state index in [1.165, 1.54) is 19.3 Å². The second kappa shape index (κ2) is 11.2. The molecule has 1 heteroatoms. The van der Waals surface area contributed by atoms with Crippen molar-refractivity contribution in [2.24, 2.45) is 0 Å². The summed E-state index contributed by atoms with van der Waals surface area (Å²) in [5, 5.41) is 0.644. The van der Waals surface area contributed by atoms with Crippen LogP contribution in [-0.4, -0.2) is 5.25 Å². The van der Waals surface area contributed by atoms with Crippen LogP contribution in [0.1, 0.15) is 47.0 Å². The highest BCUT2D eigenvalue weighted by Gasteiger charge is 1.93. The van der Waals surface area contributed by atoms with E-state index >= 15 is 0 Å². The predicted octanol–water partition coefficient (Wildman–Crippen LogP) is 3.52. The Morgan fingerprint density at radius 2 is 1.67 bits per heavy atom. The topological polar surface area (TPSA) is 0 Å². The van der Waals surface area contributed by atoms with Gasteiger partial charge in [0.25, 0.3) is 0 Å². The van der Waals surface area contributed by atoms with Crippen LogP contribution < -0.4 is 0 Å². The highest BCUT2D eigenvalue weighted by Crippen LogP contribution is 2.06. The second-order valence-corrected chi connectivity index (χ2v) is 2.58. The summed E-state index contributed by atoms with van der Waals surface area (Å²) in [6.45, 7) is 8.37. The molecule has 1 atom stereocenters. The predicted molar refractivity (Wildman–Crippen MR) is 49.3 cm³/mol. The van der Waals surface area contributed by atoms with Gasteiger partial charge in [0.1, 0.15) is 0 Å². The minimum absolute atomic E-state index is 0.644. The molecule has 0 N–H and O–H groups in total. The lowest BCUT2D eigenvalue weighted by Gasteiger charge is -2.01. The van der Waals surface area contributed by atoms with Crippen molar-refractivity contribution < 1.29 is 0 Å². The number of thiol groups is 1. The van der Waals surface area contributed by atoms with Gasteiger partial charge in [-0.15, -0.1) is 0 Å². The fourth-order valence-electron chi connectivity index (χ4n) is 0.537. The van der Waals surface area contributed by atoms with Gasteiger partial charge in [-0.05, 0) is 12.8 Å². The first kappa shape index (κ1) is 12.1. The van der Waals surface area contributed by atoms with Gasteiger partial charge in [0.2, 0.25) is 0 Å². The average molecular weight is 148 g/mol. The van der Waals surface area contributed by atoms with Gasteiger partial charge in [0.15, 0.2) is 0 Å². The molecule has 0 radical (unpaired) electrons. The molecule has 9 heavy (non-hydrogen) atoms. The fraction of sp³-hybridized carbons (Fsp3) is 1.00. The van der Waals surface area contributed by atoms with Crippen molar-refractivity contribution in [3.63, 3.8) is 0 Å². The Morgan fingerprint density at radius 1 is 1.22 bits per heavy atom. The maximum atomic E-state index is 4.31. The number of rotatable bonds is 3. The molecule has 0 nitrogen and oxygen atoms in total. The van der Waals surface area contributed by atoms with E-state index in [0.717, 1.165) is 0 Å². The molecule has 0 aliphatic rings. The molecule has 0 saturated heterocycles. The van der Waals surface area contributed by atoms with E-state index in [1.807, 2.05) is 13.8 Å². The zero-order chi connectivity index (χ0) is 7.70. The Hall–Kier alpha value is 0.350. The maximum Gasteiger partial charge on any atom is 0.00140 e. The molecule has 0 aliphatic carbocycles. The summed E-state index contributed by atoms with van der Waals surface area (Å²) in [5.41, 5.74) is 0. The monoisotopic (exact) mass is 148 g/mol. The summed E-state index contributed by atoms with van der Waals surface area (Å²) in [6.07, 6.45) is 3.73. The van der Waals surface area contributed by atoms with Crippen LogP contribution in [-0.2, 0) is 0 Å². The highest BCUT2D eigenvalue weighted by atomic mass is 32.1. The van der Waals surface area contributed by atoms with Crippen molar-refractivity contribution in [3.8, 4) is 0 Å². The van der Waals surface area contributed by atoms with Crippen molar-refractivity contribution in [2.75, 3.05) is 0 Å². The molecule has 58 valence electrons. The molecular weight excluding hydrogens is 128 g/mol. The third kappa shape index (κ3) is 11.8. The lowest BCUT2D eigenvalue weighted by Crippen LogP contribution is -1.92. The number of hydrogen-bond donors (Lipinski definition) is 1. The van der Waals surface area contributed by atoms with E-state index in [0.29, 0.717) is 5.25 Å². The minimum Gasteiger partial charge on any atom is -0.176 e.